The van der Waals surface area contributed by atoms with Crippen LogP contribution < -0.4 is 16.4 Å². The second kappa shape index (κ2) is 4.95. The van der Waals surface area contributed by atoms with Gasteiger partial charge in [-0.1, -0.05) is 0 Å². The molecule has 0 aromatic heterocycles. The first-order valence-corrected chi connectivity index (χ1v) is 4.95. The third-order valence-electron chi connectivity index (χ3n) is 2.27. The summed E-state index contributed by atoms with van der Waals surface area (Å²) in [4.78, 5) is 22.7. The van der Waals surface area contributed by atoms with Gasteiger partial charge < -0.3 is 16.4 Å². The Labute approximate surface area is 83.4 Å². The topological polar surface area (TPSA) is 84.2 Å². The van der Waals surface area contributed by atoms with Gasteiger partial charge in [-0.3, -0.25) is 9.59 Å². The highest BCUT2D eigenvalue weighted by molar-refractivity contribution is 5.89. The maximum Gasteiger partial charge on any atom is 0.242 e. The standard InChI is InChI=1S/C9H17N3O2/c1-6(10)8(13)12-7-4-2-3-5-11-9(7)14/h6-7H,2-5,10H2,1H3,(H,11,14)(H,12,13)/t6-,7?/m1/s1. The molecule has 2 atom stereocenters. The van der Waals surface area contributed by atoms with Crippen LogP contribution >= 0.6 is 0 Å². The number of nitrogens with two attached hydrogens (primary N) is 1. The van der Waals surface area contributed by atoms with Gasteiger partial charge in [0.05, 0.1) is 6.04 Å². The van der Waals surface area contributed by atoms with Crippen LogP contribution in [0, 0.1) is 0 Å². The summed E-state index contributed by atoms with van der Waals surface area (Å²) in [7, 11) is 0. The Balaban J connectivity index is 2.48. The number of amides is 2. The van der Waals surface area contributed by atoms with Gasteiger partial charge in [0.15, 0.2) is 0 Å². The van der Waals surface area contributed by atoms with Crippen LogP contribution in [0.2, 0.25) is 0 Å². The Morgan fingerprint density at radius 3 is 3.00 bits per heavy atom. The molecule has 0 bridgehead atoms. The van der Waals surface area contributed by atoms with Crippen LogP contribution in [0.25, 0.3) is 0 Å². The number of rotatable bonds is 2. The van der Waals surface area contributed by atoms with Crippen molar-refractivity contribution in [3.63, 3.8) is 0 Å². The number of carbonyl (C=O) groups excluding carboxylic acids is 2. The van der Waals surface area contributed by atoms with Gasteiger partial charge in [0.25, 0.3) is 0 Å². The molecule has 5 nitrogen and oxygen atoms in total. The molecule has 1 rings (SSSR count). The smallest absolute Gasteiger partial charge is 0.242 e. The van der Waals surface area contributed by atoms with Crippen molar-refractivity contribution in [3.8, 4) is 0 Å². The zero-order valence-electron chi connectivity index (χ0n) is 8.38. The quantitative estimate of drug-likeness (QED) is 0.540. The average Bonchev–Trinajstić information content (AvgIpc) is 2.32. The van der Waals surface area contributed by atoms with Gasteiger partial charge in [-0.05, 0) is 26.2 Å². The minimum Gasteiger partial charge on any atom is -0.354 e. The monoisotopic (exact) mass is 199 g/mol. The molecule has 0 radical (unpaired) electrons. The van der Waals surface area contributed by atoms with E-state index in [-0.39, 0.29) is 11.8 Å². The fourth-order valence-corrected chi connectivity index (χ4v) is 1.38. The zero-order valence-corrected chi connectivity index (χ0v) is 8.38. The maximum atomic E-state index is 11.4. The first-order chi connectivity index (χ1) is 6.61. The van der Waals surface area contributed by atoms with Crippen LogP contribution in [0.1, 0.15) is 26.2 Å². The molecule has 0 spiro atoms. The number of hydrogen-bond acceptors (Lipinski definition) is 3. The van der Waals surface area contributed by atoms with E-state index in [1.54, 1.807) is 6.92 Å². The number of hydrogen-bond donors (Lipinski definition) is 3. The maximum absolute atomic E-state index is 11.4. The van der Waals surface area contributed by atoms with Gasteiger partial charge in [-0.15, -0.1) is 0 Å². The molecule has 4 N–H and O–H groups in total. The zero-order chi connectivity index (χ0) is 10.6. The Bertz CT molecular complexity index is 228. The normalized spacial score (nSPS) is 24.7. The number of carbonyl (C=O) groups is 2. The average molecular weight is 199 g/mol. The molecule has 0 aromatic rings. The summed E-state index contributed by atoms with van der Waals surface area (Å²) in [5.74, 6) is -0.372. The molecular weight excluding hydrogens is 182 g/mol. The molecule has 1 fully saturated rings. The minimum atomic E-state index is -0.564. The third-order valence-corrected chi connectivity index (χ3v) is 2.27. The van der Waals surface area contributed by atoms with Crippen molar-refractivity contribution in [2.45, 2.75) is 38.3 Å². The van der Waals surface area contributed by atoms with Crippen molar-refractivity contribution in [1.29, 1.82) is 0 Å². The van der Waals surface area contributed by atoms with E-state index in [0.717, 1.165) is 12.8 Å². The second-order valence-electron chi connectivity index (χ2n) is 3.64. The molecular formula is C9H17N3O2. The predicted molar refractivity (Wildman–Crippen MR) is 52.4 cm³/mol. The molecule has 1 saturated heterocycles. The van der Waals surface area contributed by atoms with Crippen LogP contribution in [0.15, 0.2) is 0 Å². The van der Waals surface area contributed by atoms with Crippen LogP contribution in [0.4, 0.5) is 0 Å². The van der Waals surface area contributed by atoms with E-state index < -0.39 is 12.1 Å². The summed E-state index contributed by atoms with van der Waals surface area (Å²) in [5.41, 5.74) is 5.39. The molecule has 1 heterocycles. The summed E-state index contributed by atoms with van der Waals surface area (Å²) in [6.45, 7) is 2.30. The van der Waals surface area contributed by atoms with E-state index in [9.17, 15) is 9.59 Å². The van der Waals surface area contributed by atoms with Crippen LogP contribution in [-0.2, 0) is 9.59 Å². The van der Waals surface area contributed by atoms with Crippen molar-refractivity contribution in [1.82, 2.24) is 10.6 Å². The fraction of sp³-hybridized carbons (Fsp3) is 0.778. The summed E-state index contributed by atoms with van der Waals surface area (Å²) in [5, 5.41) is 5.38. The third kappa shape index (κ3) is 2.99. The van der Waals surface area contributed by atoms with Gasteiger partial charge in [0.1, 0.15) is 6.04 Å². The SMILES string of the molecule is C[C@@H](N)C(=O)NC1CCCCNC1=O. The highest BCUT2D eigenvalue weighted by Crippen LogP contribution is 2.05. The lowest BCUT2D eigenvalue weighted by Crippen LogP contribution is -2.50. The van der Waals surface area contributed by atoms with Crippen molar-refractivity contribution in [3.05, 3.63) is 0 Å². The van der Waals surface area contributed by atoms with E-state index in [1.807, 2.05) is 0 Å². The van der Waals surface area contributed by atoms with Crippen LogP contribution in [0.5, 0.6) is 0 Å². The van der Waals surface area contributed by atoms with Gasteiger partial charge in [0.2, 0.25) is 11.8 Å². The van der Waals surface area contributed by atoms with Crippen molar-refractivity contribution >= 4 is 11.8 Å². The lowest BCUT2D eigenvalue weighted by molar-refractivity contribution is -0.129. The molecule has 5 heteroatoms. The van der Waals surface area contributed by atoms with E-state index in [4.69, 9.17) is 5.73 Å². The molecule has 0 saturated carbocycles. The summed E-state index contributed by atoms with van der Waals surface area (Å²) < 4.78 is 0. The molecule has 14 heavy (non-hydrogen) atoms. The molecule has 1 unspecified atom stereocenters. The highest BCUT2D eigenvalue weighted by atomic mass is 16.2. The molecule has 80 valence electrons. The molecule has 1 aliphatic rings. The first kappa shape index (κ1) is 11.0. The van der Waals surface area contributed by atoms with Gasteiger partial charge in [-0.25, -0.2) is 0 Å². The second-order valence-corrected chi connectivity index (χ2v) is 3.64. The minimum absolute atomic E-state index is 0.100. The van der Waals surface area contributed by atoms with Crippen molar-refractivity contribution < 1.29 is 9.59 Å². The van der Waals surface area contributed by atoms with Crippen molar-refractivity contribution in [2.24, 2.45) is 5.73 Å². The highest BCUT2D eigenvalue weighted by Gasteiger charge is 2.23. The van der Waals surface area contributed by atoms with Gasteiger partial charge in [0, 0.05) is 6.54 Å². The predicted octanol–water partition coefficient (Wildman–Crippen LogP) is -0.881. The van der Waals surface area contributed by atoms with E-state index >= 15 is 0 Å². The molecule has 0 aliphatic carbocycles. The van der Waals surface area contributed by atoms with E-state index in [0.29, 0.717) is 13.0 Å². The van der Waals surface area contributed by atoms with E-state index in [2.05, 4.69) is 10.6 Å². The summed E-state index contributed by atoms with van der Waals surface area (Å²) >= 11 is 0. The Hall–Kier alpha value is -1.10. The van der Waals surface area contributed by atoms with Gasteiger partial charge >= 0.3 is 0 Å². The van der Waals surface area contributed by atoms with Crippen LogP contribution in [-0.4, -0.2) is 30.4 Å². The first-order valence-electron chi connectivity index (χ1n) is 4.95. The van der Waals surface area contributed by atoms with E-state index in [1.165, 1.54) is 0 Å². The number of nitrogens with one attached hydrogen (secondary N) is 2. The lowest BCUT2D eigenvalue weighted by Gasteiger charge is -2.16. The molecule has 1 aliphatic heterocycles. The fourth-order valence-electron chi connectivity index (χ4n) is 1.38. The lowest BCUT2D eigenvalue weighted by atomic mass is 10.1. The largest absolute Gasteiger partial charge is 0.354 e. The Kier molecular flexibility index (Phi) is 3.88. The Morgan fingerprint density at radius 2 is 2.36 bits per heavy atom. The summed E-state index contributed by atoms with van der Waals surface area (Å²) in [6, 6.07) is -0.970. The Morgan fingerprint density at radius 1 is 1.64 bits per heavy atom. The summed E-state index contributed by atoms with van der Waals surface area (Å²) in [6.07, 6.45) is 2.61. The van der Waals surface area contributed by atoms with Gasteiger partial charge in [-0.2, -0.15) is 0 Å². The van der Waals surface area contributed by atoms with Crippen LogP contribution in [0.3, 0.4) is 0 Å². The molecule has 0 aromatic carbocycles. The van der Waals surface area contributed by atoms with Crippen molar-refractivity contribution in [2.75, 3.05) is 6.54 Å². The molecule has 2 amide bonds.